The molecule has 35 heavy (non-hydrogen) atoms. The van der Waals surface area contributed by atoms with E-state index in [1.54, 1.807) is 19.1 Å². The van der Waals surface area contributed by atoms with Crippen molar-refractivity contribution in [3.63, 3.8) is 0 Å². The molecule has 0 aliphatic carbocycles. The van der Waals surface area contributed by atoms with Gasteiger partial charge in [-0.1, -0.05) is 32.4 Å². The number of rotatable bonds is 8. The van der Waals surface area contributed by atoms with Crippen molar-refractivity contribution < 1.29 is 27.7 Å². The van der Waals surface area contributed by atoms with Crippen LogP contribution in [-0.2, 0) is 23.6 Å². The Kier molecular flexibility index (Phi) is 7.47. The summed E-state index contributed by atoms with van der Waals surface area (Å²) in [6.07, 6.45) is 0.947. The van der Waals surface area contributed by atoms with Gasteiger partial charge in [0.05, 0.1) is 5.52 Å². The van der Waals surface area contributed by atoms with Gasteiger partial charge in [0.25, 0.3) is 21.6 Å². The zero-order valence-corrected chi connectivity index (χ0v) is 20.8. The molecule has 0 bridgehead atoms. The summed E-state index contributed by atoms with van der Waals surface area (Å²) in [7, 11) is -1.61. The minimum absolute atomic E-state index is 0.0257. The average Bonchev–Trinajstić information content (AvgIpc) is 2.83. The molecule has 0 aliphatic rings. The van der Waals surface area contributed by atoms with Crippen LogP contribution in [0.5, 0.6) is 5.75 Å². The fraction of sp³-hybridized carbons (Fsp3) is 0.320. The molecule has 10 heteroatoms. The van der Waals surface area contributed by atoms with Crippen molar-refractivity contribution in [3.05, 3.63) is 69.5 Å². The van der Waals surface area contributed by atoms with Crippen LogP contribution in [0, 0.1) is 0 Å². The molecule has 1 aromatic heterocycles. The first-order valence-corrected chi connectivity index (χ1v) is 12.7. The molecule has 0 saturated heterocycles. The first-order valence-electron chi connectivity index (χ1n) is 11.2. The van der Waals surface area contributed by atoms with Gasteiger partial charge in [-0.2, -0.15) is 8.42 Å². The molecule has 0 saturated carbocycles. The van der Waals surface area contributed by atoms with Crippen LogP contribution < -0.4 is 10.5 Å². The Morgan fingerprint density at radius 1 is 1.09 bits per heavy atom. The first-order chi connectivity index (χ1) is 16.4. The number of carbonyl (C=O) groups is 2. The van der Waals surface area contributed by atoms with Gasteiger partial charge in [0.15, 0.2) is 5.78 Å². The van der Waals surface area contributed by atoms with Crippen LogP contribution in [0.3, 0.4) is 0 Å². The zero-order valence-electron chi connectivity index (χ0n) is 20.0. The van der Waals surface area contributed by atoms with Crippen LogP contribution in [0.2, 0.25) is 0 Å². The number of carbonyl (C=O) groups excluding carboxylic acids is 2. The normalized spacial score (nSPS) is 12.5. The maximum absolute atomic E-state index is 13.3. The summed E-state index contributed by atoms with van der Waals surface area (Å²) in [5.74, 6) is -1.88. The standard InChI is InChI=1S/C25H28N2O7S/c1-5-8-19(35(32,33)34)22(28)16-11-13-17(14-12-16)26(3)24(30)21-23(29)20-15(6-2)9-7-10-18(20)27(4)25(21)31/h7,9-14,19,29H,5-6,8H2,1-4H3,(H,32,33,34). The third-order valence-electron chi connectivity index (χ3n) is 6.12. The van der Waals surface area contributed by atoms with E-state index in [9.17, 15) is 32.5 Å². The second-order valence-corrected chi connectivity index (χ2v) is 9.92. The molecule has 1 heterocycles. The SMILES string of the molecule is CCCC(C(=O)c1ccc(N(C)C(=O)c2c(O)c3c(CC)cccc3n(C)c2=O)cc1)S(=O)(=O)O. The third kappa shape index (κ3) is 4.85. The summed E-state index contributed by atoms with van der Waals surface area (Å²) in [6, 6.07) is 10.9. The summed E-state index contributed by atoms with van der Waals surface area (Å²) in [5, 5.41) is 9.82. The lowest BCUT2D eigenvalue weighted by atomic mass is 10.0. The van der Waals surface area contributed by atoms with Crippen molar-refractivity contribution in [3.8, 4) is 5.75 Å². The number of fused-ring (bicyclic) bond motifs is 1. The summed E-state index contributed by atoms with van der Waals surface area (Å²) in [6.45, 7) is 3.61. The maximum Gasteiger partial charge on any atom is 0.275 e. The van der Waals surface area contributed by atoms with Gasteiger partial charge >= 0.3 is 0 Å². The van der Waals surface area contributed by atoms with E-state index in [1.165, 1.54) is 42.9 Å². The molecule has 0 fully saturated rings. The molecule has 1 unspecified atom stereocenters. The number of ketones is 1. The van der Waals surface area contributed by atoms with Crippen molar-refractivity contribution in [2.24, 2.45) is 7.05 Å². The highest BCUT2D eigenvalue weighted by atomic mass is 32.2. The zero-order chi connectivity index (χ0) is 26.1. The Bertz CT molecular complexity index is 1460. The van der Waals surface area contributed by atoms with Gasteiger partial charge in [-0.15, -0.1) is 0 Å². The molecule has 0 radical (unpaired) electrons. The maximum atomic E-state index is 13.3. The van der Waals surface area contributed by atoms with Crippen molar-refractivity contribution >= 4 is 38.4 Å². The number of Topliss-reactive ketones (excluding diaryl/α,β-unsaturated/α-hetero) is 1. The van der Waals surface area contributed by atoms with E-state index in [1.807, 2.05) is 13.0 Å². The predicted molar refractivity (Wildman–Crippen MR) is 134 cm³/mol. The van der Waals surface area contributed by atoms with E-state index in [4.69, 9.17) is 0 Å². The fourth-order valence-corrected chi connectivity index (χ4v) is 5.07. The fourth-order valence-electron chi connectivity index (χ4n) is 4.13. The largest absolute Gasteiger partial charge is 0.506 e. The molecule has 0 aliphatic heterocycles. The van der Waals surface area contributed by atoms with Crippen molar-refractivity contribution in [1.82, 2.24) is 4.57 Å². The number of nitrogens with zero attached hydrogens (tertiary/aromatic N) is 2. The lowest BCUT2D eigenvalue weighted by Gasteiger charge is -2.20. The summed E-state index contributed by atoms with van der Waals surface area (Å²) in [5.41, 5.74) is 0.643. The highest BCUT2D eigenvalue weighted by molar-refractivity contribution is 7.87. The number of amides is 1. The van der Waals surface area contributed by atoms with Gasteiger partial charge < -0.3 is 14.6 Å². The van der Waals surface area contributed by atoms with Gasteiger partial charge in [-0.05, 0) is 48.7 Å². The van der Waals surface area contributed by atoms with Gasteiger partial charge in [0.1, 0.15) is 16.6 Å². The van der Waals surface area contributed by atoms with Crippen molar-refractivity contribution in [1.29, 1.82) is 0 Å². The predicted octanol–water partition coefficient (Wildman–Crippen LogP) is 3.32. The van der Waals surface area contributed by atoms with Crippen molar-refractivity contribution in [2.75, 3.05) is 11.9 Å². The van der Waals surface area contributed by atoms with Crippen LogP contribution in [0.25, 0.3) is 10.9 Å². The molecule has 3 aromatic rings. The van der Waals surface area contributed by atoms with E-state index in [-0.39, 0.29) is 23.3 Å². The van der Waals surface area contributed by atoms with Crippen molar-refractivity contribution in [2.45, 2.75) is 38.4 Å². The smallest absolute Gasteiger partial charge is 0.275 e. The second kappa shape index (κ2) is 10.0. The number of hydrogen-bond acceptors (Lipinski definition) is 6. The number of aryl methyl sites for hydroxylation is 2. The molecule has 9 nitrogen and oxygen atoms in total. The Hall–Kier alpha value is -3.50. The molecule has 186 valence electrons. The van der Waals surface area contributed by atoms with Gasteiger partial charge in [0.2, 0.25) is 0 Å². The Labute approximate surface area is 203 Å². The minimum Gasteiger partial charge on any atom is -0.506 e. The molecule has 1 amide bonds. The van der Waals surface area contributed by atoms with Gasteiger partial charge in [0, 0.05) is 30.7 Å². The Balaban J connectivity index is 2.01. The quantitative estimate of drug-likeness (QED) is 0.358. The summed E-state index contributed by atoms with van der Waals surface area (Å²) < 4.78 is 34.0. The Morgan fingerprint density at radius 2 is 1.71 bits per heavy atom. The minimum atomic E-state index is -4.57. The molecular weight excluding hydrogens is 472 g/mol. The van der Waals surface area contributed by atoms with E-state index in [0.717, 1.165) is 10.5 Å². The van der Waals surface area contributed by atoms with Crippen LogP contribution >= 0.6 is 0 Å². The second-order valence-electron chi connectivity index (χ2n) is 8.32. The third-order valence-corrected chi connectivity index (χ3v) is 7.29. The highest BCUT2D eigenvalue weighted by Crippen LogP contribution is 2.31. The van der Waals surface area contributed by atoms with Crippen LogP contribution in [-0.4, -0.2) is 46.6 Å². The number of anilines is 1. The average molecular weight is 501 g/mol. The number of aromatic hydroxyl groups is 1. The van der Waals surface area contributed by atoms with E-state index in [2.05, 4.69) is 0 Å². The van der Waals surface area contributed by atoms with E-state index >= 15 is 0 Å². The molecular formula is C25H28N2O7S. The van der Waals surface area contributed by atoms with Crippen LogP contribution in [0.1, 0.15) is 53.0 Å². The summed E-state index contributed by atoms with van der Waals surface area (Å²) in [4.78, 5) is 40.1. The molecule has 2 N–H and O–H groups in total. The summed E-state index contributed by atoms with van der Waals surface area (Å²) >= 11 is 0. The van der Waals surface area contributed by atoms with Crippen LogP contribution in [0.4, 0.5) is 5.69 Å². The van der Waals surface area contributed by atoms with Gasteiger partial charge in [-0.25, -0.2) is 0 Å². The number of benzene rings is 2. The monoisotopic (exact) mass is 500 g/mol. The molecule has 0 spiro atoms. The van der Waals surface area contributed by atoms with Crippen LogP contribution in [0.15, 0.2) is 47.3 Å². The Morgan fingerprint density at radius 3 is 2.26 bits per heavy atom. The highest BCUT2D eigenvalue weighted by Gasteiger charge is 2.31. The molecule has 1 atom stereocenters. The number of pyridine rings is 1. The number of aromatic nitrogens is 1. The first kappa shape index (κ1) is 26.1. The lowest BCUT2D eigenvalue weighted by molar-refractivity contribution is 0.0976. The topological polar surface area (TPSA) is 134 Å². The van der Waals surface area contributed by atoms with Gasteiger partial charge in [-0.3, -0.25) is 18.9 Å². The van der Waals surface area contributed by atoms with E-state index in [0.29, 0.717) is 29.4 Å². The molecule has 2 aromatic carbocycles. The molecule has 3 rings (SSSR count). The lowest BCUT2D eigenvalue weighted by Crippen LogP contribution is -2.34. The van der Waals surface area contributed by atoms with E-state index < -0.39 is 32.6 Å². The number of hydrogen-bond donors (Lipinski definition) is 2.